The lowest BCUT2D eigenvalue weighted by atomic mass is 10.1. The fourth-order valence-electron chi connectivity index (χ4n) is 3.50. The van der Waals surface area contributed by atoms with Crippen molar-refractivity contribution < 1.29 is 18.4 Å². The number of hydrogen-bond donors (Lipinski definition) is 0. The molecular weight excluding hydrogens is 361 g/mol. The van der Waals surface area contributed by atoms with Crippen LogP contribution in [0, 0.1) is 5.82 Å². The summed E-state index contributed by atoms with van der Waals surface area (Å²) < 4.78 is 24.3. The predicted molar refractivity (Wildman–Crippen MR) is 102 cm³/mol. The Labute approximate surface area is 161 Å². The number of para-hydroxylation sites is 1. The zero-order chi connectivity index (χ0) is 19.7. The van der Waals surface area contributed by atoms with Crippen LogP contribution in [0.25, 0.3) is 11.4 Å². The minimum Gasteiger partial charge on any atom is -0.494 e. The van der Waals surface area contributed by atoms with Crippen LogP contribution in [0.2, 0.25) is 0 Å². The highest BCUT2D eigenvalue weighted by molar-refractivity contribution is 5.97. The SMILES string of the molecule is CCc1ccccc1N1CC(c2nc(-c3ccc(OC)c(F)c3)no2)CC1=O. The van der Waals surface area contributed by atoms with Crippen molar-refractivity contribution in [2.75, 3.05) is 18.6 Å². The number of anilines is 1. The fourth-order valence-corrected chi connectivity index (χ4v) is 3.50. The van der Waals surface area contributed by atoms with Gasteiger partial charge in [0.05, 0.1) is 13.0 Å². The van der Waals surface area contributed by atoms with Crippen LogP contribution in [-0.2, 0) is 11.2 Å². The first kappa shape index (κ1) is 18.2. The molecule has 1 fully saturated rings. The van der Waals surface area contributed by atoms with Crippen molar-refractivity contribution in [2.24, 2.45) is 0 Å². The fraction of sp³-hybridized carbons (Fsp3) is 0.286. The number of nitrogens with zero attached hydrogens (tertiary/aromatic N) is 3. The Kier molecular flexibility index (Phi) is 4.81. The third kappa shape index (κ3) is 3.24. The Morgan fingerprint density at radius 3 is 2.86 bits per heavy atom. The molecule has 0 bridgehead atoms. The molecule has 3 aromatic rings. The van der Waals surface area contributed by atoms with Gasteiger partial charge >= 0.3 is 0 Å². The molecule has 1 aliphatic heterocycles. The van der Waals surface area contributed by atoms with Crippen molar-refractivity contribution in [2.45, 2.75) is 25.7 Å². The van der Waals surface area contributed by atoms with Crippen molar-refractivity contribution >= 4 is 11.6 Å². The van der Waals surface area contributed by atoms with Crippen LogP contribution in [0.4, 0.5) is 10.1 Å². The number of rotatable bonds is 5. The predicted octanol–water partition coefficient (Wildman–Crippen LogP) is 3.97. The average Bonchev–Trinajstić information content (AvgIpc) is 3.35. The summed E-state index contributed by atoms with van der Waals surface area (Å²) in [6.45, 7) is 2.55. The van der Waals surface area contributed by atoms with E-state index in [1.807, 2.05) is 24.3 Å². The number of carbonyl (C=O) groups excluding carboxylic acids is 1. The molecular formula is C21H20FN3O3. The number of halogens is 1. The second kappa shape index (κ2) is 7.42. The van der Waals surface area contributed by atoms with Gasteiger partial charge in [-0.15, -0.1) is 0 Å². The maximum atomic E-state index is 13.9. The topological polar surface area (TPSA) is 68.5 Å². The normalized spacial score (nSPS) is 16.6. The van der Waals surface area contributed by atoms with Gasteiger partial charge in [-0.3, -0.25) is 4.79 Å². The smallest absolute Gasteiger partial charge is 0.232 e. The molecule has 0 radical (unpaired) electrons. The van der Waals surface area contributed by atoms with E-state index in [2.05, 4.69) is 17.1 Å². The van der Waals surface area contributed by atoms with E-state index in [-0.39, 0.29) is 23.4 Å². The van der Waals surface area contributed by atoms with Crippen LogP contribution in [0.1, 0.15) is 30.7 Å². The van der Waals surface area contributed by atoms with Crippen LogP contribution in [0.3, 0.4) is 0 Å². The number of hydrogen-bond acceptors (Lipinski definition) is 5. The number of aryl methyl sites for hydroxylation is 1. The number of amides is 1. The second-order valence-electron chi connectivity index (χ2n) is 6.69. The highest BCUT2D eigenvalue weighted by Gasteiger charge is 2.35. The molecule has 4 rings (SSSR count). The lowest BCUT2D eigenvalue weighted by molar-refractivity contribution is -0.117. The summed E-state index contributed by atoms with van der Waals surface area (Å²) in [5.41, 5.74) is 2.54. The molecule has 2 heterocycles. The number of carbonyl (C=O) groups is 1. The van der Waals surface area contributed by atoms with Gasteiger partial charge in [-0.1, -0.05) is 30.3 Å². The van der Waals surface area contributed by atoms with Gasteiger partial charge in [-0.05, 0) is 36.2 Å². The highest BCUT2D eigenvalue weighted by Crippen LogP contribution is 2.34. The lowest BCUT2D eigenvalue weighted by Gasteiger charge is -2.19. The van der Waals surface area contributed by atoms with Crippen LogP contribution in [-0.4, -0.2) is 29.7 Å². The summed E-state index contributed by atoms with van der Waals surface area (Å²) >= 11 is 0. The minimum absolute atomic E-state index is 0.0288. The van der Waals surface area contributed by atoms with Gasteiger partial charge in [-0.2, -0.15) is 4.98 Å². The summed E-state index contributed by atoms with van der Waals surface area (Å²) in [5, 5.41) is 3.96. The molecule has 2 aromatic carbocycles. The zero-order valence-corrected chi connectivity index (χ0v) is 15.7. The van der Waals surface area contributed by atoms with E-state index in [0.29, 0.717) is 24.4 Å². The first-order valence-electron chi connectivity index (χ1n) is 9.16. The highest BCUT2D eigenvalue weighted by atomic mass is 19.1. The Morgan fingerprint density at radius 2 is 2.11 bits per heavy atom. The molecule has 0 saturated carbocycles. The summed E-state index contributed by atoms with van der Waals surface area (Å²) in [4.78, 5) is 18.8. The molecule has 0 spiro atoms. The molecule has 1 unspecified atom stereocenters. The van der Waals surface area contributed by atoms with Gasteiger partial charge in [-0.25, -0.2) is 4.39 Å². The van der Waals surface area contributed by atoms with Crippen molar-refractivity contribution in [1.82, 2.24) is 10.1 Å². The molecule has 1 aromatic heterocycles. The van der Waals surface area contributed by atoms with Gasteiger partial charge < -0.3 is 14.2 Å². The number of benzene rings is 2. The molecule has 144 valence electrons. The van der Waals surface area contributed by atoms with E-state index in [4.69, 9.17) is 9.26 Å². The van der Waals surface area contributed by atoms with Gasteiger partial charge in [0.1, 0.15) is 0 Å². The average molecular weight is 381 g/mol. The van der Waals surface area contributed by atoms with Crippen molar-refractivity contribution in [3.05, 3.63) is 59.7 Å². The van der Waals surface area contributed by atoms with Crippen molar-refractivity contribution in [1.29, 1.82) is 0 Å². The minimum atomic E-state index is -0.496. The molecule has 6 nitrogen and oxygen atoms in total. The van der Waals surface area contributed by atoms with Crippen LogP contribution >= 0.6 is 0 Å². The lowest BCUT2D eigenvalue weighted by Crippen LogP contribution is -2.25. The summed E-state index contributed by atoms with van der Waals surface area (Å²) in [6.07, 6.45) is 1.15. The quantitative estimate of drug-likeness (QED) is 0.669. The van der Waals surface area contributed by atoms with Gasteiger partial charge in [0.2, 0.25) is 17.6 Å². The number of methoxy groups -OCH3 is 1. The van der Waals surface area contributed by atoms with E-state index in [9.17, 15) is 9.18 Å². The molecule has 0 N–H and O–H groups in total. The van der Waals surface area contributed by atoms with Gasteiger partial charge in [0.25, 0.3) is 0 Å². The van der Waals surface area contributed by atoms with E-state index in [1.165, 1.54) is 19.2 Å². The summed E-state index contributed by atoms with van der Waals surface area (Å²) in [7, 11) is 1.41. The standard InChI is InChI=1S/C21H20FN3O3/c1-3-13-6-4-5-7-17(13)25-12-15(11-19(25)26)21-23-20(24-28-21)14-8-9-18(27-2)16(22)10-14/h4-10,15H,3,11-12H2,1-2H3. The Balaban J connectivity index is 1.56. The number of aromatic nitrogens is 2. The van der Waals surface area contributed by atoms with Crippen LogP contribution in [0.5, 0.6) is 5.75 Å². The third-order valence-electron chi connectivity index (χ3n) is 4.99. The van der Waals surface area contributed by atoms with E-state index in [0.717, 1.165) is 17.7 Å². The van der Waals surface area contributed by atoms with Gasteiger partial charge in [0.15, 0.2) is 11.6 Å². The molecule has 1 amide bonds. The Morgan fingerprint density at radius 1 is 1.29 bits per heavy atom. The van der Waals surface area contributed by atoms with E-state index in [1.54, 1.807) is 11.0 Å². The monoisotopic (exact) mass is 381 g/mol. The first-order valence-corrected chi connectivity index (χ1v) is 9.16. The summed E-state index contributed by atoms with van der Waals surface area (Å²) in [6, 6.07) is 12.4. The molecule has 1 atom stereocenters. The van der Waals surface area contributed by atoms with Crippen LogP contribution in [0.15, 0.2) is 47.0 Å². The van der Waals surface area contributed by atoms with Crippen molar-refractivity contribution in [3.63, 3.8) is 0 Å². The first-order chi connectivity index (χ1) is 13.6. The van der Waals surface area contributed by atoms with E-state index >= 15 is 0 Å². The maximum absolute atomic E-state index is 13.9. The third-order valence-corrected chi connectivity index (χ3v) is 4.99. The number of ether oxygens (including phenoxy) is 1. The molecule has 7 heteroatoms. The largest absolute Gasteiger partial charge is 0.494 e. The summed E-state index contributed by atoms with van der Waals surface area (Å²) in [5.74, 6) is 0.166. The Hall–Kier alpha value is -3.22. The Bertz CT molecular complexity index is 1020. The van der Waals surface area contributed by atoms with E-state index < -0.39 is 5.82 Å². The van der Waals surface area contributed by atoms with Crippen molar-refractivity contribution in [3.8, 4) is 17.1 Å². The molecule has 1 aliphatic rings. The molecule has 1 saturated heterocycles. The zero-order valence-electron chi connectivity index (χ0n) is 15.7. The van der Waals surface area contributed by atoms with Crippen LogP contribution < -0.4 is 9.64 Å². The molecule has 0 aliphatic carbocycles. The maximum Gasteiger partial charge on any atom is 0.232 e. The second-order valence-corrected chi connectivity index (χ2v) is 6.69. The van der Waals surface area contributed by atoms with Gasteiger partial charge in [0, 0.05) is 24.2 Å². The molecule has 28 heavy (non-hydrogen) atoms.